The second kappa shape index (κ2) is 3.97. The number of hydrogen-bond donors (Lipinski definition) is 1. The summed E-state index contributed by atoms with van der Waals surface area (Å²) >= 11 is 0. The third-order valence-electron chi connectivity index (χ3n) is 4.40. The zero-order valence-electron chi connectivity index (χ0n) is 10.6. The number of nitrogens with zero attached hydrogens (tertiary/aromatic N) is 2. The Morgan fingerprint density at radius 1 is 1.44 bits per heavy atom. The molecule has 18 heavy (non-hydrogen) atoms. The lowest BCUT2D eigenvalue weighted by molar-refractivity contribution is 0.103. The zero-order chi connectivity index (χ0) is 12.8. The van der Waals surface area contributed by atoms with Gasteiger partial charge in [0.2, 0.25) is 5.95 Å². The molecule has 0 spiro atoms. The molecule has 3 nitrogen and oxygen atoms in total. The van der Waals surface area contributed by atoms with E-state index in [9.17, 15) is 4.39 Å². The molecule has 2 N–H and O–H groups in total. The topological polar surface area (TPSA) is 43.8 Å². The number of rotatable bonds is 3. The number of nitrogens with two attached hydrogens (primary N) is 1. The van der Waals surface area contributed by atoms with Gasteiger partial charge in [-0.25, -0.2) is 9.37 Å². The lowest BCUT2D eigenvalue weighted by Gasteiger charge is -2.41. The number of halogens is 1. The van der Waals surface area contributed by atoms with E-state index in [0.29, 0.717) is 22.4 Å². The quantitative estimate of drug-likeness (QED) is 0.904. The maximum atomic E-state index is 13.9. The van der Waals surface area contributed by atoms with Crippen molar-refractivity contribution in [1.29, 1.82) is 0 Å². The highest BCUT2D eigenvalue weighted by molar-refractivity contribution is 5.78. The van der Waals surface area contributed by atoms with E-state index >= 15 is 0 Å². The molecule has 1 aromatic carbocycles. The lowest BCUT2D eigenvalue weighted by atomic mass is 9.67. The average molecular weight is 247 g/mol. The Bertz CT molecular complexity index is 578. The van der Waals surface area contributed by atoms with Crippen LogP contribution in [0.15, 0.2) is 18.2 Å². The highest BCUT2D eigenvalue weighted by atomic mass is 19.1. The Kier molecular flexibility index (Phi) is 2.54. The third-order valence-corrected chi connectivity index (χ3v) is 4.40. The molecule has 1 heterocycles. The summed E-state index contributed by atoms with van der Waals surface area (Å²) in [5.41, 5.74) is 7.45. The van der Waals surface area contributed by atoms with Gasteiger partial charge >= 0.3 is 0 Å². The first-order valence-electron chi connectivity index (χ1n) is 6.55. The van der Waals surface area contributed by atoms with Crippen LogP contribution in [0.3, 0.4) is 0 Å². The van der Waals surface area contributed by atoms with E-state index in [1.54, 1.807) is 6.07 Å². The van der Waals surface area contributed by atoms with E-state index in [1.165, 1.54) is 25.3 Å². The van der Waals surface area contributed by atoms with E-state index < -0.39 is 0 Å². The molecule has 1 aliphatic carbocycles. The second-order valence-corrected chi connectivity index (χ2v) is 5.37. The maximum absolute atomic E-state index is 13.9. The summed E-state index contributed by atoms with van der Waals surface area (Å²) in [5.74, 6) is 0.192. The number of fused-ring (bicyclic) bond motifs is 1. The fraction of sp³-hybridized carbons (Fsp3) is 0.500. The van der Waals surface area contributed by atoms with Crippen LogP contribution < -0.4 is 5.73 Å². The Morgan fingerprint density at radius 3 is 2.83 bits per heavy atom. The summed E-state index contributed by atoms with van der Waals surface area (Å²) in [4.78, 5) is 4.25. The zero-order valence-corrected chi connectivity index (χ0v) is 10.6. The first kappa shape index (κ1) is 11.5. The minimum Gasteiger partial charge on any atom is -0.369 e. The van der Waals surface area contributed by atoms with Crippen molar-refractivity contribution in [1.82, 2.24) is 9.55 Å². The monoisotopic (exact) mass is 247 g/mol. The summed E-state index contributed by atoms with van der Waals surface area (Å²) in [6.07, 6.45) is 4.79. The third kappa shape index (κ3) is 1.59. The van der Waals surface area contributed by atoms with Crippen molar-refractivity contribution in [2.75, 3.05) is 5.73 Å². The van der Waals surface area contributed by atoms with Crippen LogP contribution in [0, 0.1) is 11.2 Å². The highest BCUT2D eigenvalue weighted by Gasteiger charge is 2.36. The van der Waals surface area contributed by atoms with Gasteiger partial charge in [-0.05, 0) is 36.8 Å². The minimum absolute atomic E-state index is 0.234. The predicted molar refractivity (Wildman–Crippen MR) is 70.7 cm³/mol. The van der Waals surface area contributed by atoms with Gasteiger partial charge in [0.05, 0.1) is 5.52 Å². The molecular formula is C14H18FN3. The smallest absolute Gasteiger partial charge is 0.201 e. The van der Waals surface area contributed by atoms with Crippen molar-refractivity contribution in [3.05, 3.63) is 24.0 Å². The number of para-hydroxylation sites is 1. The number of imidazole rings is 1. The largest absolute Gasteiger partial charge is 0.369 e. The van der Waals surface area contributed by atoms with Gasteiger partial charge in [0.25, 0.3) is 0 Å². The van der Waals surface area contributed by atoms with Crippen LogP contribution >= 0.6 is 0 Å². The molecule has 2 aromatic rings. The summed E-state index contributed by atoms with van der Waals surface area (Å²) in [6.45, 7) is 2.98. The van der Waals surface area contributed by atoms with Gasteiger partial charge < -0.3 is 10.3 Å². The van der Waals surface area contributed by atoms with E-state index in [2.05, 4.69) is 11.9 Å². The van der Waals surface area contributed by atoms with Gasteiger partial charge in [0.1, 0.15) is 11.3 Å². The van der Waals surface area contributed by atoms with Crippen molar-refractivity contribution in [3.63, 3.8) is 0 Å². The molecule has 0 unspecified atom stereocenters. The second-order valence-electron chi connectivity index (χ2n) is 5.37. The van der Waals surface area contributed by atoms with Gasteiger partial charge in [-0.3, -0.25) is 0 Å². The number of anilines is 1. The van der Waals surface area contributed by atoms with Crippen LogP contribution in [0.5, 0.6) is 0 Å². The van der Waals surface area contributed by atoms with E-state index in [0.717, 1.165) is 13.0 Å². The Hall–Kier alpha value is -1.58. The molecule has 3 rings (SSSR count). The summed E-state index contributed by atoms with van der Waals surface area (Å²) in [6, 6.07) is 4.96. The minimum atomic E-state index is -0.234. The van der Waals surface area contributed by atoms with Gasteiger partial charge in [0.15, 0.2) is 0 Å². The summed E-state index contributed by atoms with van der Waals surface area (Å²) in [5, 5.41) is 0. The molecule has 96 valence electrons. The number of benzene rings is 1. The molecule has 0 atom stereocenters. The number of hydrogen-bond acceptors (Lipinski definition) is 2. The van der Waals surface area contributed by atoms with Crippen molar-refractivity contribution in [2.45, 2.75) is 39.2 Å². The van der Waals surface area contributed by atoms with Crippen LogP contribution in [0.2, 0.25) is 0 Å². The Morgan fingerprint density at radius 2 is 2.22 bits per heavy atom. The molecule has 0 amide bonds. The lowest BCUT2D eigenvalue weighted by Crippen LogP contribution is -2.33. The molecule has 4 heteroatoms. The maximum Gasteiger partial charge on any atom is 0.201 e. The van der Waals surface area contributed by atoms with Crippen molar-refractivity contribution in [3.8, 4) is 0 Å². The number of aromatic nitrogens is 2. The predicted octanol–water partition coefficient (Wildman–Crippen LogP) is 3.34. The highest BCUT2D eigenvalue weighted by Crippen LogP contribution is 2.46. The molecule has 1 fully saturated rings. The number of nitrogen functional groups attached to an aromatic ring is 1. The van der Waals surface area contributed by atoms with E-state index in [4.69, 9.17) is 5.73 Å². The van der Waals surface area contributed by atoms with Crippen molar-refractivity contribution in [2.24, 2.45) is 5.41 Å². The summed E-state index contributed by atoms with van der Waals surface area (Å²) < 4.78 is 15.8. The molecule has 0 aliphatic heterocycles. The van der Waals surface area contributed by atoms with E-state index in [1.807, 2.05) is 10.6 Å². The molecule has 1 aliphatic rings. The normalized spacial score (nSPS) is 17.9. The Labute approximate surface area is 106 Å². The Balaban J connectivity index is 2.08. The van der Waals surface area contributed by atoms with Crippen LogP contribution in [-0.2, 0) is 6.54 Å². The molecular weight excluding hydrogens is 229 g/mol. The van der Waals surface area contributed by atoms with Crippen LogP contribution in [0.4, 0.5) is 10.3 Å². The van der Waals surface area contributed by atoms with Gasteiger partial charge in [0, 0.05) is 6.54 Å². The van der Waals surface area contributed by atoms with E-state index in [-0.39, 0.29) is 5.82 Å². The molecule has 0 saturated heterocycles. The molecule has 1 saturated carbocycles. The molecule has 0 bridgehead atoms. The van der Waals surface area contributed by atoms with Crippen molar-refractivity contribution < 1.29 is 4.39 Å². The fourth-order valence-electron chi connectivity index (χ4n) is 2.96. The van der Waals surface area contributed by atoms with Crippen LogP contribution in [-0.4, -0.2) is 9.55 Å². The summed E-state index contributed by atoms with van der Waals surface area (Å²) in [7, 11) is 0. The standard InChI is InChI=1S/C14H18FN3/c1-2-14(7-4-8-14)9-18-12-10(15)5-3-6-11(12)17-13(18)16/h3,5-6H,2,4,7-9H2,1H3,(H2,16,17). The van der Waals surface area contributed by atoms with Gasteiger partial charge in [-0.15, -0.1) is 0 Å². The first-order chi connectivity index (χ1) is 8.65. The first-order valence-corrected chi connectivity index (χ1v) is 6.55. The molecule has 0 radical (unpaired) electrons. The SMILES string of the molecule is CCC1(Cn2c(N)nc3cccc(F)c32)CCC1. The van der Waals surface area contributed by atoms with Crippen LogP contribution in [0.25, 0.3) is 11.0 Å². The molecule has 1 aromatic heterocycles. The van der Waals surface area contributed by atoms with Crippen LogP contribution in [0.1, 0.15) is 32.6 Å². The average Bonchev–Trinajstić information content (AvgIpc) is 2.61. The van der Waals surface area contributed by atoms with Gasteiger partial charge in [-0.2, -0.15) is 0 Å². The van der Waals surface area contributed by atoms with Gasteiger partial charge in [-0.1, -0.05) is 19.4 Å². The fourth-order valence-corrected chi connectivity index (χ4v) is 2.96. The van der Waals surface area contributed by atoms with Crippen molar-refractivity contribution >= 4 is 17.0 Å².